The summed E-state index contributed by atoms with van der Waals surface area (Å²) in [5.41, 5.74) is 8.34. The number of nitrogens with two attached hydrogens (primary N) is 1. The predicted octanol–water partition coefficient (Wildman–Crippen LogP) is 2.59. The van der Waals surface area contributed by atoms with Crippen LogP contribution in [-0.2, 0) is 6.54 Å². The largest absolute Gasteiger partial charge is 0.328 e. The van der Waals surface area contributed by atoms with Gasteiger partial charge in [-0.15, -0.1) is 0 Å². The Labute approximate surface area is 114 Å². The summed E-state index contributed by atoms with van der Waals surface area (Å²) in [7, 11) is 0. The van der Waals surface area contributed by atoms with Crippen molar-refractivity contribution >= 4 is 10.9 Å². The van der Waals surface area contributed by atoms with Gasteiger partial charge in [0.1, 0.15) is 0 Å². The Kier molecular flexibility index (Phi) is 3.76. The molecule has 2 aromatic rings. The molecule has 1 heterocycles. The fourth-order valence-corrected chi connectivity index (χ4v) is 2.89. The third-order valence-electron chi connectivity index (χ3n) is 4.07. The molecule has 0 unspecified atom stereocenters. The van der Waals surface area contributed by atoms with Crippen molar-refractivity contribution < 1.29 is 0 Å². The van der Waals surface area contributed by atoms with E-state index in [-0.39, 0.29) is 0 Å². The number of nitrogens with zero attached hydrogens (tertiary/aromatic N) is 1. The highest BCUT2D eigenvalue weighted by Crippen LogP contribution is 2.19. The number of pyridine rings is 1. The molecule has 1 aromatic carbocycles. The molecule has 0 spiro atoms. The van der Waals surface area contributed by atoms with Crippen LogP contribution in [0.5, 0.6) is 0 Å². The molecule has 0 aliphatic heterocycles. The van der Waals surface area contributed by atoms with Gasteiger partial charge in [0.15, 0.2) is 0 Å². The summed E-state index contributed by atoms with van der Waals surface area (Å²) in [4.78, 5) is 4.50. The van der Waals surface area contributed by atoms with Crippen LogP contribution in [0.25, 0.3) is 10.9 Å². The molecule has 3 N–H and O–H groups in total. The molecule has 19 heavy (non-hydrogen) atoms. The molecule has 0 radical (unpaired) electrons. The number of hydrogen-bond donors (Lipinski definition) is 2. The fourth-order valence-electron chi connectivity index (χ4n) is 2.89. The molecule has 0 bridgehead atoms. The van der Waals surface area contributed by atoms with Crippen LogP contribution < -0.4 is 11.1 Å². The van der Waals surface area contributed by atoms with Crippen LogP contribution in [-0.4, -0.2) is 17.1 Å². The van der Waals surface area contributed by atoms with Crippen molar-refractivity contribution in [3.05, 3.63) is 42.1 Å². The number of nitrogens with one attached hydrogen (secondary N) is 1. The molecule has 1 saturated carbocycles. The molecule has 1 aliphatic carbocycles. The fraction of sp³-hybridized carbons (Fsp3) is 0.438. The molecular weight excluding hydrogens is 234 g/mol. The number of benzene rings is 1. The smallest absolute Gasteiger partial charge is 0.0746 e. The van der Waals surface area contributed by atoms with Gasteiger partial charge in [-0.3, -0.25) is 4.98 Å². The first-order chi connectivity index (χ1) is 9.33. The van der Waals surface area contributed by atoms with Gasteiger partial charge >= 0.3 is 0 Å². The Morgan fingerprint density at radius 1 is 1.11 bits per heavy atom. The highest BCUT2D eigenvalue weighted by molar-refractivity contribution is 5.81. The zero-order chi connectivity index (χ0) is 13.1. The van der Waals surface area contributed by atoms with E-state index in [9.17, 15) is 0 Å². The Bertz CT molecular complexity index is 539. The van der Waals surface area contributed by atoms with Crippen molar-refractivity contribution in [2.45, 2.75) is 44.3 Å². The molecule has 3 heteroatoms. The van der Waals surface area contributed by atoms with Gasteiger partial charge in [0.05, 0.1) is 5.52 Å². The van der Waals surface area contributed by atoms with E-state index in [4.69, 9.17) is 5.73 Å². The molecular formula is C16H21N3. The van der Waals surface area contributed by atoms with Gasteiger partial charge in [-0.25, -0.2) is 0 Å². The maximum atomic E-state index is 5.94. The Morgan fingerprint density at radius 3 is 2.74 bits per heavy atom. The van der Waals surface area contributed by atoms with E-state index in [1.54, 1.807) is 0 Å². The first kappa shape index (κ1) is 12.6. The third-order valence-corrected chi connectivity index (χ3v) is 4.07. The first-order valence-electron chi connectivity index (χ1n) is 7.14. The number of para-hydroxylation sites is 1. The molecule has 1 aliphatic rings. The van der Waals surface area contributed by atoms with Crippen LogP contribution in [0, 0.1) is 0 Å². The SMILES string of the molecule is NC1CCC(NCc2cccc3cccnc23)CC1. The molecule has 3 nitrogen and oxygen atoms in total. The van der Waals surface area contributed by atoms with Crippen molar-refractivity contribution in [2.24, 2.45) is 5.73 Å². The summed E-state index contributed by atoms with van der Waals surface area (Å²) in [6.07, 6.45) is 6.54. The number of aromatic nitrogens is 1. The number of fused-ring (bicyclic) bond motifs is 1. The molecule has 1 aromatic heterocycles. The van der Waals surface area contributed by atoms with E-state index in [0.717, 1.165) is 24.9 Å². The van der Waals surface area contributed by atoms with Crippen molar-refractivity contribution in [3.63, 3.8) is 0 Å². The van der Waals surface area contributed by atoms with Gasteiger partial charge in [0.2, 0.25) is 0 Å². The number of hydrogen-bond acceptors (Lipinski definition) is 3. The zero-order valence-corrected chi connectivity index (χ0v) is 11.2. The van der Waals surface area contributed by atoms with Gasteiger partial charge in [0.25, 0.3) is 0 Å². The Morgan fingerprint density at radius 2 is 1.89 bits per heavy atom. The molecule has 1 fully saturated rings. The summed E-state index contributed by atoms with van der Waals surface area (Å²) in [5.74, 6) is 0. The molecule has 0 atom stereocenters. The molecule has 100 valence electrons. The van der Waals surface area contributed by atoms with E-state index in [1.807, 2.05) is 12.3 Å². The molecule has 0 saturated heterocycles. The minimum Gasteiger partial charge on any atom is -0.328 e. The lowest BCUT2D eigenvalue weighted by Crippen LogP contribution is -2.37. The van der Waals surface area contributed by atoms with Crippen LogP contribution in [0.15, 0.2) is 36.5 Å². The minimum atomic E-state index is 0.414. The molecule has 3 rings (SSSR count). The van der Waals surface area contributed by atoms with E-state index in [2.05, 4.69) is 34.6 Å². The predicted molar refractivity (Wildman–Crippen MR) is 78.8 cm³/mol. The third kappa shape index (κ3) is 2.94. The normalized spacial score (nSPS) is 23.6. The average molecular weight is 255 g/mol. The Balaban J connectivity index is 1.68. The summed E-state index contributed by atoms with van der Waals surface area (Å²) in [6.45, 7) is 0.897. The standard InChI is InChI=1S/C16H21N3/c17-14-6-8-15(9-7-14)19-11-13-4-1-3-12-5-2-10-18-16(12)13/h1-5,10,14-15,19H,6-9,11,17H2. The summed E-state index contributed by atoms with van der Waals surface area (Å²) >= 11 is 0. The highest BCUT2D eigenvalue weighted by Gasteiger charge is 2.17. The van der Waals surface area contributed by atoms with Crippen molar-refractivity contribution in [3.8, 4) is 0 Å². The van der Waals surface area contributed by atoms with Crippen LogP contribution in [0.2, 0.25) is 0 Å². The van der Waals surface area contributed by atoms with Gasteiger partial charge in [0, 0.05) is 30.2 Å². The Hall–Kier alpha value is -1.45. The van der Waals surface area contributed by atoms with E-state index in [0.29, 0.717) is 12.1 Å². The van der Waals surface area contributed by atoms with Crippen molar-refractivity contribution in [1.82, 2.24) is 10.3 Å². The maximum absolute atomic E-state index is 5.94. The second-order valence-corrected chi connectivity index (χ2v) is 5.48. The lowest BCUT2D eigenvalue weighted by molar-refractivity contribution is 0.342. The summed E-state index contributed by atoms with van der Waals surface area (Å²) in [5, 5.41) is 4.87. The quantitative estimate of drug-likeness (QED) is 0.886. The highest BCUT2D eigenvalue weighted by atomic mass is 14.9. The second-order valence-electron chi connectivity index (χ2n) is 5.48. The summed E-state index contributed by atoms with van der Waals surface area (Å²) in [6, 6.07) is 11.5. The van der Waals surface area contributed by atoms with Crippen LogP contribution in [0.3, 0.4) is 0 Å². The second kappa shape index (κ2) is 5.68. The lowest BCUT2D eigenvalue weighted by atomic mass is 9.91. The van der Waals surface area contributed by atoms with Crippen LogP contribution in [0.4, 0.5) is 0 Å². The van der Waals surface area contributed by atoms with Crippen molar-refractivity contribution in [1.29, 1.82) is 0 Å². The maximum Gasteiger partial charge on any atom is 0.0746 e. The minimum absolute atomic E-state index is 0.414. The van der Waals surface area contributed by atoms with E-state index in [1.165, 1.54) is 23.8 Å². The van der Waals surface area contributed by atoms with Crippen LogP contribution >= 0.6 is 0 Å². The topological polar surface area (TPSA) is 50.9 Å². The monoisotopic (exact) mass is 255 g/mol. The summed E-state index contributed by atoms with van der Waals surface area (Å²) < 4.78 is 0. The first-order valence-corrected chi connectivity index (χ1v) is 7.14. The van der Waals surface area contributed by atoms with Gasteiger partial charge < -0.3 is 11.1 Å². The number of rotatable bonds is 3. The van der Waals surface area contributed by atoms with E-state index >= 15 is 0 Å². The van der Waals surface area contributed by atoms with Gasteiger partial charge in [-0.2, -0.15) is 0 Å². The van der Waals surface area contributed by atoms with E-state index < -0.39 is 0 Å². The lowest BCUT2D eigenvalue weighted by Gasteiger charge is -2.27. The van der Waals surface area contributed by atoms with Crippen LogP contribution in [0.1, 0.15) is 31.2 Å². The van der Waals surface area contributed by atoms with Gasteiger partial charge in [-0.1, -0.05) is 24.3 Å². The molecule has 0 amide bonds. The van der Waals surface area contributed by atoms with Gasteiger partial charge in [-0.05, 0) is 37.3 Å². The average Bonchev–Trinajstić information content (AvgIpc) is 2.47. The zero-order valence-electron chi connectivity index (χ0n) is 11.2. The van der Waals surface area contributed by atoms with Crippen molar-refractivity contribution in [2.75, 3.05) is 0 Å².